The van der Waals surface area contributed by atoms with Gasteiger partial charge in [0.15, 0.2) is 0 Å². The summed E-state index contributed by atoms with van der Waals surface area (Å²) in [6, 6.07) is 10.3. The molecule has 2 aliphatic rings. The molecule has 2 fully saturated rings. The minimum Gasteiger partial charge on any atom is -0.399 e. The molecule has 2 aliphatic heterocycles. The van der Waals surface area contributed by atoms with Crippen molar-refractivity contribution in [1.29, 1.82) is 0 Å². The molecular weight excluding hydrogens is 662 g/mol. The van der Waals surface area contributed by atoms with E-state index in [0.717, 1.165) is 44.5 Å². The second-order valence-corrected chi connectivity index (χ2v) is 13.0. The summed E-state index contributed by atoms with van der Waals surface area (Å²) in [4.78, 5) is 50.3. The molecule has 2 N–H and O–H groups in total. The number of carbonyl (C=O) groups is 3. The number of nitrogens with zero attached hydrogens (tertiary/aromatic N) is 5. The lowest BCUT2D eigenvalue weighted by atomic mass is 9.89. The first-order valence-electron chi connectivity index (χ1n) is 14.8. The number of urea groups is 1. The summed E-state index contributed by atoms with van der Waals surface area (Å²) in [7, 11) is 3.17. The van der Waals surface area contributed by atoms with Crippen LogP contribution in [0.3, 0.4) is 0 Å². The third kappa shape index (κ3) is 9.16. The zero-order valence-electron chi connectivity index (χ0n) is 25.4. The Morgan fingerprint density at radius 2 is 1.67 bits per heavy atom. The van der Waals surface area contributed by atoms with Crippen LogP contribution in [0.15, 0.2) is 41.6 Å². The molecule has 0 unspecified atom stereocenters. The van der Waals surface area contributed by atoms with Crippen molar-refractivity contribution in [2.24, 2.45) is 10.9 Å². The number of carbonyl (C=O) groups excluding carboxylic acids is 3. The summed E-state index contributed by atoms with van der Waals surface area (Å²) >= 11 is 24.9. The highest BCUT2D eigenvalue weighted by Gasteiger charge is 2.34. The van der Waals surface area contributed by atoms with Crippen LogP contribution in [0.1, 0.15) is 47.5 Å². The predicted octanol–water partition coefficient (Wildman–Crippen LogP) is 5.63. The van der Waals surface area contributed by atoms with Crippen molar-refractivity contribution in [1.82, 2.24) is 19.6 Å². The number of hydrogen-bond acceptors (Lipinski definition) is 6. The molecule has 0 spiro atoms. The minimum atomic E-state index is -0.502. The Kier molecular flexibility index (Phi) is 12.6. The quantitative estimate of drug-likeness (QED) is 0.228. The summed E-state index contributed by atoms with van der Waals surface area (Å²) in [5, 5.41) is 5.91. The van der Waals surface area contributed by atoms with Crippen LogP contribution in [0.2, 0.25) is 20.1 Å². The highest BCUT2D eigenvalue weighted by atomic mass is 35.5. The van der Waals surface area contributed by atoms with Gasteiger partial charge < -0.3 is 30.2 Å². The molecule has 0 saturated carbocycles. The number of likely N-dealkylation sites (tertiary alicyclic amines) is 1. The van der Waals surface area contributed by atoms with Gasteiger partial charge in [-0.3, -0.25) is 9.59 Å². The van der Waals surface area contributed by atoms with Crippen LogP contribution in [0.4, 0.5) is 4.79 Å². The van der Waals surface area contributed by atoms with Crippen LogP contribution in [-0.2, 0) is 9.63 Å². The Balaban J connectivity index is 1.45. The predicted molar refractivity (Wildman–Crippen MR) is 179 cm³/mol. The summed E-state index contributed by atoms with van der Waals surface area (Å²) in [6.07, 6.45) is 3.14. The third-order valence-corrected chi connectivity index (χ3v) is 9.77. The van der Waals surface area contributed by atoms with E-state index in [1.807, 2.05) is 17.0 Å². The van der Waals surface area contributed by atoms with Crippen molar-refractivity contribution >= 4 is 70.0 Å². The average Bonchev–Trinajstić information content (AvgIpc) is 3.01. The van der Waals surface area contributed by atoms with Crippen molar-refractivity contribution in [2.75, 3.05) is 60.0 Å². The molecule has 2 aromatic rings. The van der Waals surface area contributed by atoms with Gasteiger partial charge in [-0.2, -0.15) is 0 Å². The fraction of sp³-hybridized carbons (Fsp3) is 0.484. The van der Waals surface area contributed by atoms with Gasteiger partial charge in [0.2, 0.25) is 5.91 Å². The standard InChI is InChI=1S/C31H38Cl4N6O4/c1-38(30(43)21-5-7-25(33)27(35)17-21)18-28(37-45-2)23(20-4-6-24(32)26(34)16-20)10-15-39-13-8-22(9-14-39)41-12-3-11-40(31(41)44)19-29(36)42/h4-7,16-17,22-23H,3,8-15,18-19H2,1-2H3,(H2,36,42)/b37-28-/t23-/m1/s1. The molecule has 0 bridgehead atoms. The van der Waals surface area contributed by atoms with Gasteiger partial charge >= 0.3 is 6.03 Å². The van der Waals surface area contributed by atoms with E-state index in [4.69, 9.17) is 57.0 Å². The molecule has 45 heavy (non-hydrogen) atoms. The fourth-order valence-electron chi connectivity index (χ4n) is 5.98. The molecular formula is C31H38Cl4N6O4. The zero-order chi connectivity index (χ0) is 32.7. The highest BCUT2D eigenvalue weighted by molar-refractivity contribution is 6.42. The van der Waals surface area contributed by atoms with Crippen molar-refractivity contribution in [3.05, 3.63) is 67.6 Å². The minimum absolute atomic E-state index is 0.0517. The van der Waals surface area contributed by atoms with Gasteiger partial charge in [0.05, 0.1) is 32.3 Å². The van der Waals surface area contributed by atoms with Crippen LogP contribution >= 0.6 is 46.4 Å². The van der Waals surface area contributed by atoms with Gasteiger partial charge in [0.25, 0.3) is 5.91 Å². The Hall–Kier alpha value is -2.76. The summed E-state index contributed by atoms with van der Waals surface area (Å²) in [6.45, 7) is 3.74. The number of piperidine rings is 1. The van der Waals surface area contributed by atoms with Gasteiger partial charge in [0.1, 0.15) is 13.7 Å². The van der Waals surface area contributed by atoms with Crippen LogP contribution < -0.4 is 5.73 Å². The molecule has 2 heterocycles. The topological polar surface area (TPSA) is 112 Å². The van der Waals surface area contributed by atoms with Crippen LogP contribution in [0.5, 0.6) is 0 Å². The normalized spacial score (nSPS) is 17.4. The smallest absolute Gasteiger partial charge is 0.320 e. The van der Waals surface area contributed by atoms with Gasteiger partial charge in [-0.15, -0.1) is 0 Å². The molecule has 1 atom stereocenters. The van der Waals surface area contributed by atoms with E-state index in [1.165, 1.54) is 7.11 Å². The SMILES string of the molecule is CO/N=C(/CN(C)C(=O)c1ccc(Cl)c(Cl)c1)[C@H](CCN1CCC(N2CCCN(CC(N)=O)C2=O)CC1)c1ccc(Cl)c(Cl)c1. The Labute approximate surface area is 283 Å². The lowest BCUT2D eigenvalue weighted by molar-refractivity contribution is -0.119. The molecule has 244 valence electrons. The Morgan fingerprint density at radius 1 is 1.00 bits per heavy atom. The van der Waals surface area contributed by atoms with E-state index in [0.29, 0.717) is 50.9 Å². The van der Waals surface area contributed by atoms with Crippen LogP contribution in [0, 0.1) is 0 Å². The van der Waals surface area contributed by atoms with E-state index in [2.05, 4.69) is 10.1 Å². The fourth-order valence-corrected chi connectivity index (χ4v) is 6.59. The van der Waals surface area contributed by atoms with Gasteiger partial charge in [0, 0.05) is 50.7 Å². The maximum Gasteiger partial charge on any atom is 0.320 e. The van der Waals surface area contributed by atoms with E-state index in [1.54, 1.807) is 41.1 Å². The number of hydrogen-bond donors (Lipinski definition) is 1. The number of benzene rings is 2. The van der Waals surface area contributed by atoms with E-state index in [-0.39, 0.29) is 37.0 Å². The van der Waals surface area contributed by atoms with Crippen LogP contribution in [-0.4, -0.2) is 109 Å². The number of rotatable bonds is 12. The third-order valence-electron chi connectivity index (χ3n) is 8.29. The second kappa shape index (κ2) is 16.2. The number of amides is 4. The molecule has 14 heteroatoms. The van der Waals surface area contributed by atoms with Gasteiger partial charge in [-0.05, 0) is 68.1 Å². The molecule has 0 aliphatic carbocycles. The van der Waals surface area contributed by atoms with Crippen molar-refractivity contribution in [2.45, 2.75) is 37.6 Å². The monoisotopic (exact) mass is 698 g/mol. The van der Waals surface area contributed by atoms with E-state index >= 15 is 0 Å². The first-order chi connectivity index (χ1) is 21.5. The van der Waals surface area contributed by atoms with Crippen molar-refractivity contribution in [3.63, 3.8) is 0 Å². The number of nitrogens with two attached hydrogens (primary N) is 1. The zero-order valence-corrected chi connectivity index (χ0v) is 28.4. The van der Waals surface area contributed by atoms with Crippen molar-refractivity contribution in [3.8, 4) is 0 Å². The Morgan fingerprint density at radius 3 is 2.29 bits per heavy atom. The van der Waals surface area contributed by atoms with Crippen LogP contribution in [0.25, 0.3) is 0 Å². The maximum absolute atomic E-state index is 13.3. The summed E-state index contributed by atoms with van der Waals surface area (Å²) < 4.78 is 0. The summed E-state index contributed by atoms with van der Waals surface area (Å²) in [5.41, 5.74) is 7.30. The lowest BCUT2D eigenvalue weighted by Crippen LogP contribution is -2.57. The number of primary amides is 1. The molecule has 0 aromatic heterocycles. The first kappa shape index (κ1) is 35.1. The van der Waals surface area contributed by atoms with E-state index in [9.17, 15) is 14.4 Å². The molecule has 2 saturated heterocycles. The largest absolute Gasteiger partial charge is 0.399 e. The number of halogens is 4. The van der Waals surface area contributed by atoms with Crippen molar-refractivity contribution < 1.29 is 19.2 Å². The maximum atomic E-state index is 13.3. The molecule has 10 nitrogen and oxygen atoms in total. The molecule has 0 radical (unpaired) electrons. The highest BCUT2D eigenvalue weighted by Crippen LogP contribution is 2.31. The van der Waals surface area contributed by atoms with Gasteiger partial charge in [-0.25, -0.2) is 4.79 Å². The summed E-state index contributed by atoms with van der Waals surface area (Å²) in [5.74, 6) is -0.973. The average molecular weight is 700 g/mol. The molecule has 2 aromatic carbocycles. The molecule has 4 amide bonds. The Bertz CT molecular complexity index is 1420. The molecule has 4 rings (SSSR count). The second-order valence-electron chi connectivity index (χ2n) is 11.4. The first-order valence-corrected chi connectivity index (χ1v) is 16.3. The van der Waals surface area contributed by atoms with Gasteiger partial charge in [-0.1, -0.05) is 57.6 Å². The number of oxime groups is 1. The van der Waals surface area contributed by atoms with E-state index < -0.39 is 5.91 Å². The lowest BCUT2D eigenvalue weighted by Gasteiger charge is -2.43.